The Kier molecular flexibility index (Phi) is 2.47. The molecule has 0 unspecified atom stereocenters. The molecule has 1 heterocycles. The third-order valence-electron chi connectivity index (χ3n) is 1.58. The summed E-state index contributed by atoms with van der Waals surface area (Å²) in [7, 11) is 1.09. The van der Waals surface area contributed by atoms with Gasteiger partial charge < -0.3 is 0 Å². The number of nitrogens with one attached hydrogen (secondary N) is 1. The average molecular weight is 208 g/mol. The Bertz CT molecular complexity index is 356. The number of nitrogen functional groups attached to an aromatic ring is 1. The third-order valence-corrected chi connectivity index (χ3v) is 1.58. The van der Waals surface area contributed by atoms with Gasteiger partial charge in [-0.25, -0.2) is 5.84 Å². The van der Waals surface area contributed by atoms with Gasteiger partial charge in [-0.1, -0.05) is 0 Å². The van der Waals surface area contributed by atoms with E-state index in [1.807, 2.05) is 0 Å². The van der Waals surface area contributed by atoms with Gasteiger partial charge >= 0.3 is 6.18 Å². The average Bonchev–Trinajstić information content (AvgIpc) is 2.44. The summed E-state index contributed by atoms with van der Waals surface area (Å²) in [4.78, 5) is 10.9. The minimum absolute atomic E-state index is 0.574. The summed E-state index contributed by atoms with van der Waals surface area (Å²) >= 11 is 0. The number of alkyl halides is 3. The molecule has 0 aliphatic carbocycles. The molecule has 14 heavy (non-hydrogen) atoms. The van der Waals surface area contributed by atoms with Crippen molar-refractivity contribution in [3.8, 4) is 0 Å². The van der Waals surface area contributed by atoms with Crippen LogP contribution in [0.5, 0.6) is 0 Å². The first-order chi connectivity index (χ1) is 6.38. The molecule has 78 valence electrons. The molecule has 0 atom stereocenters. The maximum atomic E-state index is 12.4. The van der Waals surface area contributed by atoms with Gasteiger partial charge in [0, 0.05) is 7.05 Å². The van der Waals surface area contributed by atoms with Crippen LogP contribution >= 0.6 is 0 Å². The minimum atomic E-state index is -4.63. The molecule has 0 spiro atoms. The van der Waals surface area contributed by atoms with Crippen LogP contribution in [-0.4, -0.2) is 15.7 Å². The summed E-state index contributed by atoms with van der Waals surface area (Å²) in [5.41, 5.74) is -0.105. The highest BCUT2D eigenvalue weighted by Crippen LogP contribution is 2.31. The van der Waals surface area contributed by atoms with Gasteiger partial charge in [0.2, 0.25) is 0 Å². The van der Waals surface area contributed by atoms with Gasteiger partial charge in [-0.05, 0) is 0 Å². The Morgan fingerprint density at radius 2 is 2.21 bits per heavy atom. The number of hydrazine groups is 1. The summed E-state index contributed by atoms with van der Waals surface area (Å²) in [6.07, 6.45) is -3.82. The Hall–Kier alpha value is -1.57. The predicted octanol–water partition coefficient (Wildman–Crippen LogP) is 0.0424. The van der Waals surface area contributed by atoms with Crippen LogP contribution in [0.4, 0.5) is 13.2 Å². The lowest BCUT2D eigenvalue weighted by atomic mass is 10.2. The highest BCUT2D eigenvalue weighted by Gasteiger charge is 2.39. The summed E-state index contributed by atoms with van der Waals surface area (Å²) in [5.74, 6) is 3.70. The Morgan fingerprint density at radius 3 is 2.64 bits per heavy atom. The predicted molar refractivity (Wildman–Crippen MR) is 39.9 cm³/mol. The van der Waals surface area contributed by atoms with Crippen LogP contribution in [0.15, 0.2) is 6.20 Å². The van der Waals surface area contributed by atoms with Crippen molar-refractivity contribution in [3.63, 3.8) is 0 Å². The number of amides is 1. The number of carbonyl (C=O) groups excluding carboxylic acids is 1. The lowest BCUT2D eigenvalue weighted by Gasteiger charge is -2.08. The lowest BCUT2D eigenvalue weighted by molar-refractivity contribution is -0.144. The minimum Gasteiger partial charge on any atom is -0.290 e. The van der Waals surface area contributed by atoms with Gasteiger partial charge in [0.15, 0.2) is 5.69 Å². The first kappa shape index (κ1) is 10.5. The zero-order valence-electron chi connectivity index (χ0n) is 7.09. The monoisotopic (exact) mass is 208 g/mol. The molecule has 0 bridgehead atoms. The smallest absolute Gasteiger partial charge is 0.290 e. The summed E-state index contributed by atoms with van der Waals surface area (Å²) in [6, 6.07) is 0. The molecule has 0 saturated carbocycles. The van der Waals surface area contributed by atoms with Gasteiger partial charge in [0.05, 0.1) is 11.8 Å². The lowest BCUT2D eigenvalue weighted by Crippen LogP contribution is -2.31. The molecule has 1 aromatic heterocycles. The number of nitrogens with zero attached hydrogens (tertiary/aromatic N) is 2. The SMILES string of the molecule is Cn1ncc(C(=O)NN)c1C(F)(F)F. The van der Waals surface area contributed by atoms with Crippen LogP contribution in [0, 0.1) is 0 Å². The first-order valence-corrected chi connectivity index (χ1v) is 3.48. The van der Waals surface area contributed by atoms with Gasteiger partial charge in [0.1, 0.15) is 0 Å². The van der Waals surface area contributed by atoms with Crippen LogP contribution in [0.1, 0.15) is 16.1 Å². The number of halogens is 3. The van der Waals surface area contributed by atoms with Crippen molar-refractivity contribution in [2.45, 2.75) is 6.18 Å². The third kappa shape index (κ3) is 1.69. The molecule has 0 aliphatic rings. The molecule has 1 amide bonds. The maximum absolute atomic E-state index is 12.4. The highest BCUT2D eigenvalue weighted by atomic mass is 19.4. The molecule has 0 aromatic carbocycles. The van der Waals surface area contributed by atoms with E-state index >= 15 is 0 Å². The molecule has 8 heteroatoms. The van der Waals surface area contributed by atoms with E-state index < -0.39 is 23.3 Å². The molecule has 5 nitrogen and oxygen atoms in total. The van der Waals surface area contributed by atoms with Gasteiger partial charge in [-0.3, -0.25) is 14.9 Å². The van der Waals surface area contributed by atoms with Crippen LogP contribution in [-0.2, 0) is 13.2 Å². The molecule has 0 radical (unpaired) electrons. The molecule has 0 fully saturated rings. The summed E-state index contributed by atoms with van der Waals surface area (Å²) in [5, 5.41) is 3.33. The van der Waals surface area contributed by atoms with Crippen LogP contribution in [0.25, 0.3) is 0 Å². The van der Waals surface area contributed by atoms with Crippen molar-refractivity contribution in [1.29, 1.82) is 0 Å². The Labute approximate surface area is 76.7 Å². The number of hydrogen-bond acceptors (Lipinski definition) is 3. The van der Waals surface area contributed by atoms with Gasteiger partial charge in [0.25, 0.3) is 5.91 Å². The second-order valence-electron chi connectivity index (χ2n) is 2.50. The fourth-order valence-electron chi connectivity index (χ4n) is 1.02. The molecular weight excluding hydrogens is 201 g/mol. The standard InChI is InChI=1S/C6H7F3N4O/c1-13-4(6(7,8)9)3(2-11-13)5(14)12-10/h2H,10H2,1H3,(H,12,14). The zero-order valence-corrected chi connectivity index (χ0v) is 7.09. The topological polar surface area (TPSA) is 72.9 Å². The molecule has 1 aromatic rings. The summed E-state index contributed by atoms with van der Waals surface area (Å²) < 4.78 is 37.6. The van der Waals surface area contributed by atoms with Crippen molar-refractivity contribution in [2.75, 3.05) is 0 Å². The number of aromatic nitrogens is 2. The van der Waals surface area contributed by atoms with E-state index in [2.05, 4.69) is 5.10 Å². The summed E-state index contributed by atoms with van der Waals surface area (Å²) in [6.45, 7) is 0. The fraction of sp³-hybridized carbons (Fsp3) is 0.333. The Balaban J connectivity index is 3.27. The van der Waals surface area contributed by atoms with E-state index in [0.29, 0.717) is 4.68 Å². The van der Waals surface area contributed by atoms with Crippen molar-refractivity contribution in [3.05, 3.63) is 17.5 Å². The van der Waals surface area contributed by atoms with Crippen LogP contribution in [0.3, 0.4) is 0 Å². The zero-order chi connectivity index (χ0) is 10.9. The van der Waals surface area contributed by atoms with E-state index in [4.69, 9.17) is 5.84 Å². The second-order valence-corrected chi connectivity index (χ2v) is 2.50. The number of hydrogen-bond donors (Lipinski definition) is 2. The normalized spacial score (nSPS) is 11.5. The van der Waals surface area contributed by atoms with Crippen molar-refractivity contribution in [1.82, 2.24) is 15.2 Å². The highest BCUT2D eigenvalue weighted by molar-refractivity contribution is 5.94. The van der Waals surface area contributed by atoms with E-state index in [1.54, 1.807) is 5.43 Å². The Morgan fingerprint density at radius 1 is 1.64 bits per heavy atom. The van der Waals surface area contributed by atoms with E-state index in [0.717, 1.165) is 13.2 Å². The molecule has 0 aliphatic heterocycles. The van der Waals surface area contributed by atoms with Crippen molar-refractivity contribution in [2.24, 2.45) is 12.9 Å². The first-order valence-electron chi connectivity index (χ1n) is 3.48. The van der Waals surface area contributed by atoms with E-state index in [1.165, 1.54) is 0 Å². The number of rotatable bonds is 1. The molecule has 0 saturated heterocycles. The fourth-order valence-corrected chi connectivity index (χ4v) is 1.02. The molecule has 1 rings (SSSR count). The van der Waals surface area contributed by atoms with E-state index in [-0.39, 0.29) is 0 Å². The number of aryl methyl sites for hydroxylation is 1. The quantitative estimate of drug-likeness (QED) is 0.389. The van der Waals surface area contributed by atoms with Crippen molar-refractivity contribution < 1.29 is 18.0 Å². The van der Waals surface area contributed by atoms with Crippen LogP contribution < -0.4 is 11.3 Å². The number of nitrogens with two attached hydrogens (primary N) is 1. The largest absolute Gasteiger partial charge is 0.433 e. The van der Waals surface area contributed by atoms with E-state index in [9.17, 15) is 18.0 Å². The molecule has 3 N–H and O–H groups in total. The van der Waals surface area contributed by atoms with Crippen molar-refractivity contribution >= 4 is 5.91 Å². The van der Waals surface area contributed by atoms with Gasteiger partial charge in [-0.2, -0.15) is 18.3 Å². The molecular formula is C6H7F3N4O. The second kappa shape index (κ2) is 3.29. The van der Waals surface area contributed by atoms with Gasteiger partial charge in [-0.15, -0.1) is 0 Å². The number of carbonyl (C=O) groups is 1. The van der Waals surface area contributed by atoms with Crippen LogP contribution in [0.2, 0.25) is 0 Å². The maximum Gasteiger partial charge on any atom is 0.433 e.